The maximum absolute atomic E-state index is 11.1. The third-order valence-electron chi connectivity index (χ3n) is 2.25. The van der Waals surface area contributed by atoms with E-state index in [0.29, 0.717) is 13.0 Å². The minimum Gasteiger partial charge on any atom is -0.356 e. The van der Waals surface area contributed by atoms with Crippen LogP contribution in [0.4, 0.5) is 0 Å². The molecule has 0 bridgehead atoms. The summed E-state index contributed by atoms with van der Waals surface area (Å²) in [5, 5.41) is 2.69. The molecule has 1 amide bonds. The Morgan fingerprint density at radius 2 is 2.36 bits per heavy atom. The van der Waals surface area contributed by atoms with Gasteiger partial charge >= 0.3 is 0 Å². The van der Waals surface area contributed by atoms with E-state index in [2.05, 4.69) is 5.32 Å². The highest BCUT2D eigenvalue weighted by atomic mass is 35.5. The highest BCUT2D eigenvalue weighted by Gasteiger charge is 2.27. The molecule has 1 aliphatic heterocycles. The summed E-state index contributed by atoms with van der Waals surface area (Å²) in [5.74, 6) is -0.378. The van der Waals surface area contributed by atoms with Crippen molar-refractivity contribution in [3.63, 3.8) is 0 Å². The van der Waals surface area contributed by atoms with Crippen LogP contribution >= 0.6 is 24.0 Å². The van der Waals surface area contributed by atoms with Crippen molar-refractivity contribution in [3.8, 4) is 0 Å². The van der Waals surface area contributed by atoms with Crippen molar-refractivity contribution in [2.24, 2.45) is 11.7 Å². The van der Waals surface area contributed by atoms with E-state index < -0.39 is 6.04 Å². The molecule has 4 nitrogen and oxygen atoms in total. The number of nitrogens with one attached hydrogen (secondary N) is 1. The summed E-state index contributed by atoms with van der Waals surface area (Å²) in [5.41, 5.74) is 5.56. The first kappa shape index (κ1) is 13.7. The van der Waals surface area contributed by atoms with Crippen LogP contribution in [0.5, 0.6) is 0 Å². The van der Waals surface area contributed by atoms with E-state index in [1.165, 1.54) is 0 Å². The van der Waals surface area contributed by atoms with Crippen LogP contribution in [0.15, 0.2) is 0 Å². The Kier molecular flexibility index (Phi) is 6.08. The van der Waals surface area contributed by atoms with Crippen molar-refractivity contribution in [2.75, 3.05) is 12.4 Å². The van der Waals surface area contributed by atoms with Gasteiger partial charge in [-0.2, -0.15) is 0 Å². The molecule has 1 heterocycles. The van der Waals surface area contributed by atoms with Gasteiger partial charge in [-0.15, -0.1) is 24.0 Å². The minimum atomic E-state index is -0.591. The van der Waals surface area contributed by atoms with Crippen LogP contribution in [0.1, 0.15) is 12.8 Å². The number of nitrogens with two attached hydrogens (primary N) is 1. The number of halogens is 2. The number of rotatable bonds is 4. The summed E-state index contributed by atoms with van der Waals surface area (Å²) in [7, 11) is 0. The van der Waals surface area contributed by atoms with E-state index in [4.69, 9.17) is 17.3 Å². The minimum absolute atomic E-state index is 0. The fourth-order valence-electron chi connectivity index (χ4n) is 1.41. The summed E-state index contributed by atoms with van der Waals surface area (Å²) in [6.07, 6.45) is 1.18. The Morgan fingerprint density at radius 3 is 2.79 bits per heavy atom. The summed E-state index contributed by atoms with van der Waals surface area (Å²) in [6.45, 7) is 0.686. The molecular formula is C8H14Cl2N2O2. The van der Waals surface area contributed by atoms with Gasteiger partial charge in [0.15, 0.2) is 5.78 Å². The lowest BCUT2D eigenvalue weighted by atomic mass is 9.97. The summed E-state index contributed by atoms with van der Waals surface area (Å²) < 4.78 is 0. The van der Waals surface area contributed by atoms with Gasteiger partial charge in [-0.3, -0.25) is 9.59 Å². The molecule has 1 unspecified atom stereocenters. The Balaban J connectivity index is 0.00000169. The van der Waals surface area contributed by atoms with Crippen molar-refractivity contribution in [2.45, 2.75) is 18.9 Å². The van der Waals surface area contributed by atoms with Crippen LogP contribution < -0.4 is 11.1 Å². The molecule has 0 aromatic carbocycles. The van der Waals surface area contributed by atoms with Gasteiger partial charge in [0, 0.05) is 12.5 Å². The first-order valence-electron chi connectivity index (χ1n) is 4.27. The van der Waals surface area contributed by atoms with E-state index in [9.17, 15) is 9.59 Å². The zero-order valence-electron chi connectivity index (χ0n) is 7.66. The molecule has 6 heteroatoms. The molecule has 2 atom stereocenters. The first-order valence-corrected chi connectivity index (χ1v) is 4.80. The predicted octanol–water partition coefficient (Wildman–Crippen LogP) is 0.0696. The van der Waals surface area contributed by atoms with Crippen LogP contribution in [0, 0.1) is 5.92 Å². The topological polar surface area (TPSA) is 72.2 Å². The number of amides is 1. The smallest absolute Gasteiger partial charge is 0.223 e. The number of hydrogen-bond donors (Lipinski definition) is 2. The fraction of sp³-hybridized carbons (Fsp3) is 0.750. The van der Waals surface area contributed by atoms with Gasteiger partial charge < -0.3 is 11.1 Å². The van der Waals surface area contributed by atoms with Gasteiger partial charge in [0.2, 0.25) is 5.91 Å². The Hall–Kier alpha value is -0.320. The van der Waals surface area contributed by atoms with Crippen LogP contribution in [-0.4, -0.2) is 30.2 Å². The normalized spacial score (nSPS) is 22.4. The van der Waals surface area contributed by atoms with Crippen molar-refractivity contribution >= 4 is 35.7 Å². The second-order valence-corrected chi connectivity index (χ2v) is 3.49. The zero-order valence-corrected chi connectivity index (χ0v) is 9.24. The lowest BCUT2D eigenvalue weighted by Gasteiger charge is -2.11. The largest absolute Gasteiger partial charge is 0.356 e. The molecule has 0 radical (unpaired) electrons. The number of Topliss-reactive ketones (excluding diaryl/α,β-unsaturated/α-hetero) is 1. The predicted molar refractivity (Wildman–Crippen MR) is 56.7 cm³/mol. The maximum atomic E-state index is 11.1. The lowest BCUT2D eigenvalue weighted by Crippen LogP contribution is -2.35. The van der Waals surface area contributed by atoms with Gasteiger partial charge in [0.05, 0.1) is 11.9 Å². The van der Waals surface area contributed by atoms with Crippen LogP contribution in [0.3, 0.4) is 0 Å². The highest BCUT2D eigenvalue weighted by Crippen LogP contribution is 2.15. The van der Waals surface area contributed by atoms with Crippen LogP contribution in [0.25, 0.3) is 0 Å². The number of carbonyl (C=O) groups excluding carboxylic acids is 2. The number of ketones is 1. The maximum Gasteiger partial charge on any atom is 0.223 e. The van der Waals surface area contributed by atoms with Crippen molar-refractivity contribution in [1.29, 1.82) is 0 Å². The Morgan fingerprint density at radius 1 is 1.71 bits per heavy atom. The average Bonchev–Trinajstić information content (AvgIpc) is 2.50. The fourth-order valence-corrected chi connectivity index (χ4v) is 1.61. The summed E-state index contributed by atoms with van der Waals surface area (Å²) in [4.78, 5) is 22.1. The average molecular weight is 241 g/mol. The third kappa shape index (κ3) is 3.44. The first-order chi connectivity index (χ1) is 6.15. The van der Waals surface area contributed by atoms with Gasteiger partial charge in [-0.1, -0.05) is 0 Å². The number of alkyl halides is 1. The lowest BCUT2D eigenvalue weighted by molar-refractivity contribution is -0.123. The second-order valence-electron chi connectivity index (χ2n) is 3.22. The molecule has 82 valence electrons. The molecule has 0 spiro atoms. The molecule has 1 rings (SSSR count). The molecule has 1 aliphatic rings. The second kappa shape index (κ2) is 6.22. The Bertz CT molecular complexity index is 223. The molecule has 3 N–H and O–H groups in total. The van der Waals surface area contributed by atoms with Crippen molar-refractivity contribution in [3.05, 3.63) is 0 Å². The number of hydrogen-bond acceptors (Lipinski definition) is 3. The van der Waals surface area contributed by atoms with E-state index in [1.54, 1.807) is 0 Å². The van der Waals surface area contributed by atoms with E-state index in [0.717, 1.165) is 6.42 Å². The van der Waals surface area contributed by atoms with E-state index >= 15 is 0 Å². The zero-order chi connectivity index (χ0) is 9.84. The molecule has 0 aliphatic carbocycles. The van der Waals surface area contributed by atoms with E-state index in [1.807, 2.05) is 0 Å². The highest BCUT2D eigenvalue weighted by molar-refractivity contribution is 6.28. The molecule has 1 saturated heterocycles. The van der Waals surface area contributed by atoms with Gasteiger partial charge in [0.1, 0.15) is 0 Å². The molecule has 0 aromatic rings. The van der Waals surface area contributed by atoms with Crippen molar-refractivity contribution < 1.29 is 9.59 Å². The standard InChI is InChI=1S/C8H13ClN2O2.ClH/c9-4-7(12)6(10)3-5-1-2-11-8(5)13;/h5-6H,1-4,10H2,(H,11,13);1H/t5?,6-;/m0./s1. The summed E-state index contributed by atoms with van der Waals surface area (Å²) >= 11 is 5.34. The van der Waals surface area contributed by atoms with E-state index in [-0.39, 0.29) is 35.9 Å². The quantitative estimate of drug-likeness (QED) is 0.684. The van der Waals surface area contributed by atoms with Crippen LogP contribution in [0.2, 0.25) is 0 Å². The Labute approximate surface area is 94.0 Å². The third-order valence-corrected chi connectivity index (χ3v) is 2.51. The molecular weight excluding hydrogens is 227 g/mol. The van der Waals surface area contributed by atoms with Gasteiger partial charge in [-0.05, 0) is 12.8 Å². The number of carbonyl (C=O) groups is 2. The molecule has 0 aromatic heterocycles. The van der Waals surface area contributed by atoms with Crippen molar-refractivity contribution in [1.82, 2.24) is 5.32 Å². The monoisotopic (exact) mass is 240 g/mol. The molecule has 0 saturated carbocycles. The summed E-state index contributed by atoms with van der Waals surface area (Å²) in [6, 6.07) is -0.591. The molecule has 14 heavy (non-hydrogen) atoms. The SMILES string of the molecule is Cl.N[C@@H](CC1CCNC1=O)C(=O)CCl. The van der Waals surface area contributed by atoms with Crippen LogP contribution in [-0.2, 0) is 9.59 Å². The van der Waals surface area contributed by atoms with Gasteiger partial charge in [0.25, 0.3) is 0 Å². The molecule has 1 fully saturated rings. The van der Waals surface area contributed by atoms with Gasteiger partial charge in [-0.25, -0.2) is 0 Å².